The molecule has 1 aliphatic rings. The van der Waals surface area contributed by atoms with Gasteiger partial charge >= 0.3 is 21.3 Å². The van der Waals surface area contributed by atoms with E-state index < -0.39 is 51.9 Å². The number of hydrogen-bond donors (Lipinski definition) is 4. The highest BCUT2D eigenvalue weighted by atomic mass is 31.2. The van der Waals surface area contributed by atoms with Crippen molar-refractivity contribution in [3.8, 4) is 0 Å². The summed E-state index contributed by atoms with van der Waals surface area (Å²) in [7, 11) is -7.98. The number of phosphoric acid groups is 2. The van der Waals surface area contributed by atoms with Crippen LogP contribution in [0.4, 0.5) is 0 Å². The summed E-state index contributed by atoms with van der Waals surface area (Å²) in [5.74, 6) is 0. The average molecular weight is 474 g/mol. The monoisotopic (exact) mass is 474 g/mol. The number of aromatic nitrogens is 2. The summed E-state index contributed by atoms with van der Waals surface area (Å²) in [6, 6.07) is 1.08. The van der Waals surface area contributed by atoms with Gasteiger partial charge in [0, 0.05) is 32.4 Å². The van der Waals surface area contributed by atoms with E-state index in [1.54, 1.807) is 0 Å². The van der Waals surface area contributed by atoms with Crippen LogP contribution in [0.2, 0.25) is 0 Å². The highest BCUT2D eigenvalue weighted by molar-refractivity contribution is 7.47. The van der Waals surface area contributed by atoms with Gasteiger partial charge in [-0.25, -0.2) is 13.9 Å². The molecule has 0 amide bonds. The van der Waals surface area contributed by atoms with Gasteiger partial charge in [-0.2, -0.15) is 0 Å². The minimum Gasteiger partial charge on any atom is -0.396 e. The lowest BCUT2D eigenvalue weighted by molar-refractivity contribution is -0.0463. The number of nitrogens with zero attached hydrogens (tertiary/aromatic N) is 1. The Kier molecular flexibility index (Phi) is 9.13. The zero-order valence-electron chi connectivity index (χ0n) is 16.0. The molecule has 0 spiro atoms. The predicted molar refractivity (Wildman–Crippen MR) is 99.6 cm³/mol. The zero-order valence-corrected chi connectivity index (χ0v) is 17.8. The Morgan fingerprint density at radius 1 is 1.23 bits per heavy atom. The van der Waals surface area contributed by atoms with Crippen molar-refractivity contribution in [3.05, 3.63) is 33.1 Å². The number of aromatic amines is 1. The lowest BCUT2D eigenvalue weighted by Gasteiger charge is -2.21. The molecule has 30 heavy (non-hydrogen) atoms. The largest absolute Gasteiger partial charge is 0.472 e. The second kappa shape index (κ2) is 10.9. The molecule has 16 heteroatoms. The van der Waals surface area contributed by atoms with Crippen LogP contribution in [0, 0.1) is 0 Å². The van der Waals surface area contributed by atoms with E-state index in [-0.39, 0.29) is 19.6 Å². The van der Waals surface area contributed by atoms with Crippen molar-refractivity contribution in [3.63, 3.8) is 0 Å². The molecule has 3 unspecified atom stereocenters. The molecule has 1 fully saturated rings. The molecule has 1 saturated heterocycles. The van der Waals surface area contributed by atoms with Gasteiger partial charge in [-0.3, -0.25) is 32.4 Å². The molecule has 0 aliphatic carbocycles. The van der Waals surface area contributed by atoms with E-state index >= 15 is 0 Å². The van der Waals surface area contributed by atoms with Gasteiger partial charge in [-0.05, 0) is 12.8 Å². The first-order valence-corrected chi connectivity index (χ1v) is 11.8. The molecule has 2 rings (SSSR count). The predicted octanol–water partition coefficient (Wildman–Crippen LogP) is -0.138. The summed E-state index contributed by atoms with van der Waals surface area (Å²) in [6.45, 7) is -0.803. The van der Waals surface area contributed by atoms with Crippen molar-refractivity contribution >= 4 is 15.6 Å². The fraction of sp³-hybridized carbons (Fsp3) is 0.714. The van der Waals surface area contributed by atoms with E-state index in [1.807, 2.05) is 4.98 Å². The van der Waals surface area contributed by atoms with E-state index in [0.717, 1.165) is 17.7 Å². The Bertz CT molecular complexity index is 901. The van der Waals surface area contributed by atoms with Gasteiger partial charge < -0.3 is 19.6 Å². The van der Waals surface area contributed by atoms with Gasteiger partial charge in [0.2, 0.25) is 0 Å². The third-order valence-electron chi connectivity index (χ3n) is 4.05. The molecule has 172 valence electrons. The summed E-state index contributed by atoms with van der Waals surface area (Å²) in [4.78, 5) is 44.6. The minimum absolute atomic E-state index is 0.0961. The van der Waals surface area contributed by atoms with Gasteiger partial charge in [-0.1, -0.05) is 0 Å². The molecule has 1 aromatic heterocycles. The first kappa shape index (κ1) is 25.1. The first-order valence-electron chi connectivity index (χ1n) is 8.83. The lowest BCUT2D eigenvalue weighted by atomic mass is 10.2. The molecule has 2 heterocycles. The van der Waals surface area contributed by atoms with Crippen LogP contribution in [-0.4, -0.2) is 63.6 Å². The van der Waals surface area contributed by atoms with Gasteiger partial charge in [-0.15, -0.1) is 0 Å². The number of hydrogen-bond acceptors (Lipinski definition) is 10. The standard InChI is InChI=1S/C14H24N2O12P2/c1-24-29(20,21)28-10-8-13(16-5-4-12(18)15-14(16)19)27-11(10)9-26-30(22,23)25-7-3-2-6-17/h4-5,10-11,13,17H,2-3,6-9H2,1H3,(H,20,21)(H,22,23)(H,15,18,19)/t10?,11-,13-/m1/s1. The molecule has 5 atom stereocenters. The van der Waals surface area contributed by atoms with Gasteiger partial charge in [0.15, 0.2) is 0 Å². The molecular weight excluding hydrogens is 450 g/mol. The SMILES string of the molecule is COP(=O)(O)OC1C[C@H](n2ccc(=O)[nH]c2=O)O[C@@H]1COP(=O)(O)OCCCCO. The Balaban J connectivity index is 2.09. The van der Waals surface area contributed by atoms with E-state index in [1.165, 1.54) is 6.20 Å². The van der Waals surface area contributed by atoms with Crippen LogP contribution < -0.4 is 11.2 Å². The summed E-state index contributed by atoms with van der Waals surface area (Å²) >= 11 is 0. The third-order valence-corrected chi connectivity index (χ3v) is 6.03. The van der Waals surface area contributed by atoms with Crippen LogP contribution in [-0.2, 0) is 32.0 Å². The number of aliphatic hydroxyl groups is 1. The van der Waals surface area contributed by atoms with Crippen molar-refractivity contribution in [2.24, 2.45) is 0 Å². The summed E-state index contributed by atoms with van der Waals surface area (Å²) in [5.41, 5.74) is -1.41. The lowest BCUT2D eigenvalue weighted by Crippen LogP contribution is -2.31. The van der Waals surface area contributed by atoms with Crippen LogP contribution in [0.5, 0.6) is 0 Å². The third kappa shape index (κ3) is 7.50. The summed E-state index contributed by atoms with van der Waals surface area (Å²) in [5, 5.41) is 8.69. The van der Waals surface area contributed by atoms with E-state index in [9.17, 15) is 28.5 Å². The molecule has 0 aromatic carbocycles. The molecule has 0 saturated carbocycles. The van der Waals surface area contributed by atoms with Gasteiger partial charge in [0.1, 0.15) is 18.4 Å². The minimum atomic E-state index is -4.47. The molecular formula is C14H24N2O12P2. The normalized spacial score (nSPS) is 25.7. The number of nitrogens with one attached hydrogen (secondary N) is 1. The molecule has 1 aromatic rings. The Morgan fingerprint density at radius 2 is 1.97 bits per heavy atom. The fourth-order valence-electron chi connectivity index (χ4n) is 2.60. The second-order valence-electron chi connectivity index (χ2n) is 6.21. The molecule has 0 radical (unpaired) electrons. The number of H-pyrrole nitrogens is 1. The van der Waals surface area contributed by atoms with Crippen LogP contribution in [0.3, 0.4) is 0 Å². The molecule has 14 nitrogen and oxygen atoms in total. The van der Waals surface area contributed by atoms with Crippen LogP contribution >= 0.6 is 15.6 Å². The fourth-order valence-corrected chi connectivity index (χ4v) is 4.02. The van der Waals surface area contributed by atoms with Crippen molar-refractivity contribution in [1.29, 1.82) is 0 Å². The van der Waals surface area contributed by atoms with E-state index in [2.05, 4.69) is 4.52 Å². The maximum atomic E-state index is 12.0. The summed E-state index contributed by atoms with van der Waals surface area (Å²) in [6.07, 6.45) is -1.57. The van der Waals surface area contributed by atoms with Crippen molar-refractivity contribution in [2.45, 2.75) is 37.7 Å². The second-order valence-corrected chi connectivity index (χ2v) is 9.17. The topological polar surface area (TPSA) is 196 Å². The summed E-state index contributed by atoms with van der Waals surface area (Å²) < 4.78 is 49.4. The van der Waals surface area contributed by atoms with Crippen LogP contribution in [0.25, 0.3) is 0 Å². The quantitative estimate of drug-likeness (QED) is 0.232. The van der Waals surface area contributed by atoms with Crippen LogP contribution in [0.15, 0.2) is 21.9 Å². The maximum absolute atomic E-state index is 12.0. The van der Waals surface area contributed by atoms with Gasteiger partial charge in [0.25, 0.3) is 5.56 Å². The number of unbranched alkanes of at least 4 members (excludes halogenated alkanes) is 1. The van der Waals surface area contributed by atoms with E-state index in [0.29, 0.717) is 12.8 Å². The Labute approximate surface area is 170 Å². The van der Waals surface area contributed by atoms with Crippen molar-refractivity contribution in [1.82, 2.24) is 9.55 Å². The molecule has 4 N–H and O–H groups in total. The molecule has 1 aliphatic heterocycles. The number of rotatable bonds is 12. The Hall–Kier alpha value is -1.18. The van der Waals surface area contributed by atoms with E-state index in [4.69, 9.17) is 23.4 Å². The number of phosphoric ester groups is 2. The molecule has 0 bridgehead atoms. The smallest absolute Gasteiger partial charge is 0.396 e. The highest BCUT2D eigenvalue weighted by Crippen LogP contribution is 2.49. The highest BCUT2D eigenvalue weighted by Gasteiger charge is 2.42. The first-order chi connectivity index (χ1) is 14.1. The van der Waals surface area contributed by atoms with Gasteiger partial charge in [0.05, 0.1) is 13.2 Å². The van der Waals surface area contributed by atoms with Crippen LogP contribution in [0.1, 0.15) is 25.5 Å². The van der Waals surface area contributed by atoms with Crippen molar-refractivity contribution in [2.75, 3.05) is 26.9 Å². The number of ether oxygens (including phenoxy) is 1. The zero-order chi connectivity index (χ0) is 22.4. The van der Waals surface area contributed by atoms with Crippen molar-refractivity contribution < 1.29 is 46.9 Å². The maximum Gasteiger partial charge on any atom is 0.472 e. The Morgan fingerprint density at radius 3 is 2.60 bits per heavy atom. The average Bonchev–Trinajstić information content (AvgIpc) is 3.05. The number of aliphatic hydroxyl groups excluding tert-OH is 1.